The number of nitrogens with zero attached hydrogens (tertiary/aromatic N) is 2. The molecule has 7 aromatic rings. The molecule has 7 rings (SSSR count). The first-order valence-electron chi connectivity index (χ1n) is 16.4. The Morgan fingerprint density at radius 1 is 0.391 bits per heavy atom. The Bertz CT molecular complexity index is 2140. The van der Waals surface area contributed by atoms with Gasteiger partial charge >= 0.3 is 0 Å². The molecule has 0 atom stereocenters. The first kappa shape index (κ1) is 29.4. The fourth-order valence-electron chi connectivity index (χ4n) is 6.56. The molecule has 0 bridgehead atoms. The van der Waals surface area contributed by atoms with E-state index in [1.54, 1.807) is 0 Å². The summed E-state index contributed by atoms with van der Waals surface area (Å²) < 4.78 is 0. The van der Waals surface area contributed by atoms with Crippen LogP contribution in [0.3, 0.4) is 0 Å². The highest BCUT2D eigenvalue weighted by molar-refractivity contribution is 6.15. The minimum Gasteiger partial charge on any atom is -0.310 e. The summed E-state index contributed by atoms with van der Waals surface area (Å²) in [4.78, 5) is 4.79. The van der Waals surface area contributed by atoms with Crippen LogP contribution < -0.4 is 9.80 Å². The van der Waals surface area contributed by atoms with Crippen molar-refractivity contribution in [2.75, 3.05) is 9.80 Å². The van der Waals surface area contributed by atoms with Crippen molar-refractivity contribution in [1.82, 2.24) is 0 Å². The van der Waals surface area contributed by atoms with Crippen LogP contribution in [0.15, 0.2) is 146 Å². The highest BCUT2D eigenvalue weighted by Crippen LogP contribution is 2.44. The monoisotopic (exact) mass is 596 g/mol. The smallest absolute Gasteiger partial charge is 0.0546 e. The second-order valence-electron chi connectivity index (χ2n) is 12.2. The predicted octanol–water partition coefficient (Wildman–Crippen LogP) is 12.7. The summed E-state index contributed by atoms with van der Waals surface area (Å²) in [6.07, 6.45) is 2.05. The molecule has 2 heteroatoms. The molecule has 0 amide bonds. The molecule has 7 aromatic carbocycles. The van der Waals surface area contributed by atoms with Crippen LogP contribution in [0.2, 0.25) is 0 Å². The first-order valence-corrected chi connectivity index (χ1v) is 16.4. The van der Waals surface area contributed by atoms with E-state index in [0.717, 1.165) is 41.3 Å². The maximum atomic E-state index is 2.41. The summed E-state index contributed by atoms with van der Waals surface area (Å²) in [5, 5.41) is 4.92. The molecule has 0 unspecified atom stereocenters. The van der Waals surface area contributed by atoms with E-state index in [1.165, 1.54) is 49.5 Å². The van der Waals surface area contributed by atoms with E-state index in [1.807, 2.05) is 0 Å². The summed E-state index contributed by atoms with van der Waals surface area (Å²) in [6, 6.07) is 53.7. The maximum absolute atomic E-state index is 2.41. The molecule has 0 aliphatic carbocycles. The average molecular weight is 597 g/mol. The van der Waals surface area contributed by atoms with Gasteiger partial charge in [0.05, 0.1) is 5.69 Å². The van der Waals surface area contributed by atoms with Gasteiger partial charge in [-0.1, -0.05) is 92.7 Å². The number of rotatable bonds is 8. The van der Waals surface area contributed by atoms with Crippen molar-refractivity contribution in [1.29, 1.82) is 0 Å². The lowest BCUT2D eigenvalue weighted by atomic mass is 9.97. The third-order valence-corrected chi connectivity index (χ3v) is 9.05. The number of anilines is 6. The minimum absolute atomic E-state index is 1.02. The van der Waals surface area contributed by atoms with Gasteiger partial charge in [-0.05, 0) is 132 Å². The van der Waals surface area contributed by atoms with E-state index in [0.29, 0.717) is 0 Å². The number of aryl methyl sites for hydroxylation is 4. The molecule has 0 saturated heterocycles. The zero-order valence-electron chi connectivity index (χ0n) is 27.2. The van der Waals surface area contributed by atoms with Gasteiger partial charge in [-0.3, -0.25) is 0 Å². The van der Waals surface area contributed by atoms with Gasteiger partial charge in [0.15, 0.2) is 0 Å². The van der Waals surface area contributed by atoms with Crippen molar-refractivity contribution in [2.24, 2.45) is 0 Å². The molecule has 2 nitrogen and oxygen atoms in total. The average Bonchev–Trinajstić information content (AvgIpc) is 3.09. The lowest BCUT2D eigenvalue weighted by Crippen LogP contribution is -2.11. The Hall–Kier alpha value is -5.34. The molecule has 0 aromatic heterocycles. The Kier molecular flexibility index (Phi) is 8.03. The van der Waals surface area contributed by atoms with Gasteiger partial charge in [0, 0.05) is 33.8 Å². The van der Waals surface area contributed by atoms with E-state index >= 15 is 0 Å². The molecule has 0 saturated carbocycles. The molecule has 0 fully saturated rings. The Morgan fingerprint density at radius 2 is 0.891 bits per heavy atom. The number of benzene rings is 7. The fraction of sp³-hybridized carbons (Fsp3) is 0.136. The Balaban J connectivity index is 1.44. The van der Waals surface area contributed by atoms with Crippen molar-refractivity contribution < 1.29 is 0 Å². The fourth-order valence-corrected chi connectivity index (χ4v) is 6.56. The molecule has 0 aliphatic rings. The lowest BCUT2D eigenvalue weighted by molar-refractivity contribution is 1.14. The van der Waals surface area contributed by atoms with Crippen molar-refractivity contribution in [3.8, 4) is 0 Å². The van der Waals surface area contributed by atoms with Crippen molar-refractivity contribution in [3.05, 3.63) is 168 Å². The van der Waals surface area contributed by atoms with Gasteiger partial charge < -0.3 is 9.80 Å². The zero-order valence-corrected chi connectivity index (χ0v) is 27.2. The van der Waals surface area contributed by atoms with Crippen LogP contribution >= 0.6 is 0 Å². The quantitative estimate of drug-likeness (QED) is 0.161. The van der Waals surface area contributed by atoms with Crippen LogP contribution in [0.1, 0.15) is 36.1 Å². The molecule has 0 spiro atoms. The summed E-state index contributed by atoms with van der Waals surface area (Å²) in [5.74, 6) is 0. The SMILES string of the molecule is CCc1ccc(N(c2cccc(C)c2)c2ccc3cc(N(c4ccc(CC)cc4)c4cccc(C)c4)c4ccccc4c3c2)cc1. The summed E-state index contributed by atoms with van der Waals surface area (Å²) in [7, 11) is 0. The second kappa shape index (κ2) is 12.6. The zero-order chi connectivity index (χ0) is 31.6. The van der Waals surface area contributed by atoms with Crippen LogP contribution in [0.4, 0.5) is 34.1 Å². The predicted molar refractivity (Wildman–Crippen MR) is 199 cm³/mol. The molecule has 46 heavy (non-hydrogen) atoms. The largest absolute Gasteiger partial charge is 0.310 e. The third kappa shape index (κ3) is 5.63. The van der Waals surface area contributed by atoms with Gasteiger partial charge in [0.25, 0.3) is 0 Å². The van der Waals surface area contributed by atoms with Crippen LogP contribution in [0, 0.1) is 13.8 Å². The van der Waals surface area contributed by atoms with Crippen molar-refractivity contribution in [3.63, 3.8) is 0 Å². The molecule has 0 aliphatic heterocycles. The van der Waals surface area contributed by atoms with E-state index in [-0.39, 0.29) is 0 Å². The third-order valence-electron chi connectivity index (χ3n) is 9.05. The number of hydrogen-bond donors (Lipinski definition) is 0. The lowest BCUT2D eigenvalue weighted by Gasteiger charge is -2.29. The standard InChI is InChI=1S/C44H40N2/c1-5-33-17-22-36(23-18-33)45(38-13-9-11-31(3)27-38)40-26-21-35-29-44(42-16-8-7-15-41(42)43(35)30-40)46(39-14-10-12-32(4)28-39)37-24-19-34(6-2)20-25-37/h7-30H,5-6H2,1-4H3. The normalized spacial score (nSPS) is 11.2. The molecule has 0 heterocycles. The maximum Gasteiger partial charge on any atom is 0.0546 e. The Morgan fingerprint density at radius 3 is 1.46 bits per heavy atom. The van der Waals surface area contributed by atoms with E-state index in [9.17, 15) is 0 Å². The van der Waals surface area contributed by atoms with E-state index in [2.05, 4.69) is 183 Å². The van der Waals surface area contributed by atoms with E-state index < -0.39 is 0 Å². The van der Waals surface area contributed by atoms with Gasteiger partial charge in [0.2, 0.25) is 0 Å². The van der Waals surface area contributed by atoms with Crippen LogP contribution in [0.25, 0.3) is 21.5 Å². The van der Waals surface area contributed by atoms with Gasteiger partial charge in [0.1, 0.15) is 0 Å². The first-order chi connectivity index (χ1) is 22.5. The van der Waals surface area contributed by atoms with Gasteiger partial charge in [-0.25, -0.2) is 0 Å². The van der Waals surface area contributed by atoms with Crippen LogP contribution in [-0.4, -0.2) is 0 Å². The molecular formula is C44H40N2. The Labute approximate surface area is 273 Å². The molecule has 0 radical (unpaired) electrons. The van der Waals surface area contributed by atoms with Gasteiger partial charge in [-0.2, -0.15) is 0 Å². The molecular weight excluding hydrogens is 556 g/mol. The van der Waals surface area contributed by atoms with Crippen LogP contribution in [0.5, 0.6) is 0 Å². The minimum atomic E-state index is 1.02. The number of fused-ring (bicyclic) bond motifs is 3. The van der Waals surface area contributed by atoms with Crippen molar-refractivity contribution in [2.45, 2.75) is 40.5 Å². The van der Waals surface area contributed by atoms with Crippen molar-refractivity contribution >= 4 is 55.7 Å². The highest BCUT2D eigenvalue weighted by atomic mass is 15.1. The summed E-state index contributed by atoms with van der Waals surface area (Å²) >= 11 is 0. The summed E-state index contributed by atoms with van der Waals surface area (Å²) in [6.45, 7) is 8.74. The molecule has 226 valence electrons. The van der Waals surface area contributed by atoms with Gasteiger partial charge in [-0.15, -0.1) is 0 Å². The molecule has 0 N–H and O–H groups in total. The second-order valence-corrected chi connectivity index (χ2v) is 12.2. The topological polar surface area (TPSA) is 6.48 Å². The number of hydrogen-bond acceptors (Lipinski definition) is 2. The summed E-state index contributed by atoms with van der Waals surface area (Å²) in [5.41, 5.74) is 12.1. The van der Waals surface area contributed by atoms with Crippen LogP contribution in [-0.2, 0) is 12.8 Å². The highest BCUT2D eigenvalue weighted by Gasteiger charge is 2.19. The van der Waals surface area contributed by atoms with E-state index in [4.69, 9.17) is 0 Å².